The molecule has 1 aliphatic heterocycles. The van der Waals surface area contributed by atoms with Gasteiger partial charge >= 0.3 is 5.97 Å². The van der Waals surface area contributed by atoms with Crippen LogP contribution in [-0.4, -0.2) is 29.9 Å². The molecule has 1 aromatic heterocycles. The zero-order valence-corrected chi connectivity index (χ0v) is 13.7. The molecule has 0 amide bonds. The summed E-state index contributed by atoms with van der Waals surface area (Å²) >= 11 is 0. The Morgan fingerprint density at radius 3 is 2.38 bits per heavy atom. The number of cyclic esters (lactones) is 1. The Morgan fingerprint density at radius 2 is 1.75 bits per heavy atom. The third-order valence-electron chi connectivity index (χ3n) is 4.23. The SMILES string of the molecule is COc1cc2c(cc1OC)C(c1c(O)cc(C)n(C)c1=O)OC2=O. The molecule has 0 fully saturated rings. The van der Waals surface area contributed by atoms with E-state index in [1.54, 1.807) is 20.0 Å². The molecule has 1 aliphatic rings. The number of hydrogen-bond acceptors (Lipinski definition) is 6. The van der Waals surface area contributed by atoms with E-state index in [2.05, 4.69) is 0 Å². The van der Waals surface area contributed by atoms with Gasteiger partial charge in [-0.2, -0.15) is 0 Å². The molecular weight excluding hydrogens is 314 g/mol. The zero-order chi connectivity index (χ0) is 17.6. The van der Waals surface area contributed by atoms with Crippen LogP contribution < -0.4 is 15.0 Å². The van der Waals surface area contributed by atoms with Crippen molar-refractivity contribution in [1.29, 1.82) is 0 Å². The highest BCUT2D eigenvalue weighted by molar-refractivity contribution is 5.95. The van der Waals surface area contributed by atoms with E-state index >= 15 is 0 Å². The van der Waals surface area contributed by atoms with E-state index in [9.17, 15) is 14.7 Å². The summed E-state index contributed by atoms with van der Waals surface area (Å²) in [5, 5.41) is 10.2. The Balaban J connectivity index is 2.24. The number of methoxy groups -OCH3 is 2. The van der Waals surface area contributed by atoms with E-state index in [0.717, 1.165) is 0 Å². The molecule has 1 atom stereocenters. The Hall–Kier alpha value is -2.96. The Morgan fingerprint density at radius 1 is 1.12 bits per heavy atom. The van der Waals surface area contributed by atoms with Crippen molar-refractivity contribution in [2.75, 3.05) is 14.2 Å². The second kappa shape index (κ2) is 5.59. The number of nitrogens with zero attached hydrogens (tertiary/aromatic N) is 1. The first kappa shape index (κ1) is 15.9. The molecule has 1 aromatic carbocycles. The van der Waals surface area contributed by atoms with E-state index in [1.807, 2.05) is 0 Å². The highest BCUT2D eigenvalue weighted by atomic mass is 16.6. The quantitative estimate of drug-likeness (QED) is 0.861. The number of aromatic nitrogens is 1. The fourth-order valence-corrected chi connectivity index (χ4v) is 2.81. The van der Waals surface area contributed by atoms with Crippen molar-refractivity contribution in [3.8, 4) is 17.2 Å². The number of benzene rings is 1. The number of aryl methyl sites for hydroxylation is 1. The molecular formula is C17H17NO6. The lowest BCUT2D eigenvalue weighted by atomic mass is 9.98. The van der Waals surface area contributed by atoms with Gasteiger partial charge in [0.2, 0.25) is 0 Å². The van der Waals surface area contributed by atoms with Gasteiger partial charge in [0.1, 0.15) is 11.3 Å². The second-order valence-corrected chi connectivity index (χ2v) is 5.53. The van der Waals surface area contributed by atoms with Crippen LogP contribution in [0.3, 0.4) is 0 Å². The van der Waals surface area contributed by atoms with E-state index in [1.165, 1.54) is 30.9 Å². The first-order valence-electron chi connectivity index (χ1n) is 7.25. The Kier molecular flexibility index (Phi) is 3.71. The summed E-state index contributed by atoms with van der Waals surface area (Å²) in [6.07, 6.45) is -0.994. The smallest absolute Gasteiger partial charge is 0.339 e. The van der Waals surface area contributed by atoms with E-state index in [4.69, 9.17) is 14.2 Å². The van der Waals surface area contributed by atoms with Crippen molar-refractivity contribution in [3.05, 3.63) is 50.9 Å². The number of fused-ring (bicyclic) bond motifs is 1. The van der Waals surface area contributed by atoms with Gasteiger partial charge in [-0.15, -0.1) is 0 Å². The van der Waals surface area contributed by atoms with Crippen LogP contribution in [0, 0.1) is 6.92 Å². The van der Waals surface area contributed by atoms with Gasteiger partial charge in [0.25, 0.3) is 5.56 Å². The molecule has 0 saturated heterocycles. The summed E-state index contributed by atoms with van der Waals surface area (Å²) in [5.41, 5.74) is 0.919. The summed E-state index contributed by atoms with van der Waals surface area (Å²) in [6.45, 7) is 1.70. The summed E-state index contributed by atoms with van der Waals surface area (Å²) < 4.78 is 17.2. The number of carbonyl (C=O) groups is 1. The molecule has 1 N–H and O–H groups in total. The first-order chi connectivity index (χ1) is 11.4. The standard InChI is InChI=1S/C17H17NO6/c1-8-5-11(19)14(16(20)18(8)2)15-9-6-12(22-3)13(23-4)7-10(9)17(21)24-15/h5-7,15,19H,1-4H3. The molecule has 24 heavy (non-hydrogen) atoms. The fourth-order valence-electron chi connectivity index (χ4n) is 2.81. The maximum Gasteiger partial charge on any atom is 0.339 e. The van der Waals surface area contributed by atoms with E-state index in [-0.39, 0.29) is 16.9 Å². The van der Waals surface area contributed by atoms with Gasteiger partial charge in [0, 0.05) is 18.3 Å². The third kappa shape index (κ3) is 2.20. The van der Waals surface area contributed by atoms with Crippen LogP contribution in [0.4, 0.5) is 0 Å². The minimum Gasteiger partial charge on any atom is -0.507 e. The van der Waals surface area contributed by atoms with Crippen molar-refractivity contribution < 1.29 is 24.1 Å². The van der Waals surface area contributed by atoms with E-state index < -0.39 is 17.6 Å². The summed E-state index contributed by atoms with van der Waals surface area (Å²) in [6, 6.07) is 4.55. The van der Waals surface area contributed by atoms with Crippen LogP contribution in [0.15, 0.2) is 23.0 Å². The summed E-state index contributed by atoms with van der Waals surface area (Å²) in [5.74, 6) is -0.00753. The number of rotatable bonds is 3. The van der Waals surface area contributed by atoms with Crippen molar-refractivity contribution in [3.63, 3.8) is 0 Å². The topological polar surface area (TPSA) is 87.0 Å². The number of pyridine rings is 1. The normalized spacial score (nSPS) is 15.8. The van der Waals surface area contributed by atoms with E-state index in [0.29, 0.717) is 22.8 Å². The highest BCUT2D eigenvalue weighted by Crippen LogP contribution is 2.42. The van der Waals surface area contributed by atoms with Crippen molar-refractivity contribution in [2.24, 2.45) is 7.05 Å². The van der Waals surface area contributed by atoms with Crippen LogP contribution in [-0.2, 0) is 11.8 Å². The highest BCUT2D eigenvalue weighted by Gasteiger charge is 2.37. The van der Waals surface area contributed by atoms with Gasteiger partial charge in [-0.05, 0) is 25.1 Å². The molecule has 0 radical (unpaired) electrons. The predicted octanol–water partition coefficient (Wildman–Crippen LogP) is 1.68. The summed E-state index contributed by atoms with van der Waals surface area (Å²) in [4.78, 5) is 24.7. The van der Waals surface area contributed by atoms with Gasteiger partial charge < -0.3 is 23.9 Å². The second-order valence-electron chi connectivity index (χ2n) is 5.53. The molecule has 126 valence electrons. The molecule has 2 aromatic rings. The van der Waals surface area contributed by atoms with Gasteiger partial charge in [-0.1, -0.05) is 0 Å². The number of ether oxygens (including phenoxy) is 3. The monoisotopic (exact) mass is 331 g/mol. The molecule has 2 heterocycles. The van der Waals surface area contributed by atoms with Crippen molar-refractivity contribution in [1.82, 2.24) is 4.57 Å². The van der Waals surface area contributed by atoms with Crippen LogP contribution >= 0.6 is 0 Å². The molecule has 0 spiro atoms. The zero-order valence-electron chi connectivity index (χ0n) is 13.7. The minimum atomic E-state index is -0.994. The average Bonchev–Trinajstić information content (AvgIpc) is 2.87. The lowest BCUT2D eigenvalue weighted by molar-refractivity contribution is 0.0450. The number of esters is 1. The summed E-state index contributed by atoms with van der Waals surface area (Å²) in [7, 11) is 4.52. The van der Waals surface area contributed by atoms with Gasteiger partial charge in [-0.3, -0.25) is 4.79 Å². The van der Waals surface area contributed by atoms with Crippen LogP contribution in [0.25, 0.3) is 0 Å². The first-order valence-corrected chi connectivity index (χ1v) is 7.25. The molecule has 3 rings (SSSR count). The molecule has 0 aliphatic carbocycles. The maximum atomic E-state index is 12.5. The molecule has 7 heteroatoms. The van der Waals surface area contributed by atoms with Gasteiger partial charge in [0.05, 0.1) is 19.8 Å². The maximum absolute atomic E-state index is 12.5. The number of aromatic hydroxyl groups is 1. The molecule has 7 nitrogen and oxygen atoms in total. The Labute approximate surface area is 138 Å². The van der Waals surface area contributed by atoms with Gasteiger partial charge in [-0.25, -0.2) is 4.79 Å². The van der Waals surface area contributed by atoms with Crippen molar-refractivity contribution >= 4 is 5.97 Å². The lowest BCUT2D eigenvalue weighted by Gasteiger charge is -2.16. The van der Waals surface area contributed by atoms with Crippen LogP contribution in [0.1, 0.15) is 33.3 Å². The molecule has 1 unspecified atom stereocenters. The predicted molar refractivity (Wildman–Crippen MR) is 84.9 cm³/mol. The Bertz CT molecular complexity index is 899. The fraction of sp³-hybridized carbons (Fsp3) is 0.294. The molecule has 0 saturated carbocycles. The average molecular weight is 331 g/mol. The van der Waals surface area contributed by atoms with Crippen LogP contribution in [0.5, 0.6) is 17.2 Å². The molecule has 0 bridgehead atoms. The largest absolute Gasteiger partial charge is 0.507 e. The van der Waals surface area contributed by atoms with Crippen molar-refractivity contribution in [2.45, 2.75) is 13.0 Å². The van der Waals surface area contributed by atoms with Crippen LogP contribution in [0.2, 0.25) is 0 Å². The third-order valence-corrected chi connectivity index (χ3v) is 4.23. The van der Waals surface area contributed by atoms with Gasteiger partial charge in [0.15, 0.2) is 17.6 Å². The minimum absolute atomic E-state index is 0.0161. The lowest BCUT2D eigenvalue weighted by Crippen LogP contribution is -2.25. The number of hydrogen-bond donors (Lipinski definition) is 1. The number of carbonyl (C=O) groups excluding carboxylic acids is 1.